The van der Waals surface area contributed by atoms with Gasteiger partial charge < -0.3 is 4.57 Å². The van der Waals surface area contributed by atoms with Gasteiger partial charge in [-0.05, 0) is 54.2 Å². The van der Waals surface area contributed by atoms with Crippen LogP contribution in [0, 0.1) is 6.92 Å². The van der Waals surface area contributed by atoms with E-state index >= 15 is 0 Å². The first-order valence-corrected chi connectivity index (χ1v) is 10.2. The van der Waals surface area contributed by atoms with E-state index in [-0.39, 0.29) is 17.8 Å². The minimum atomic E-state index is -2.01. The molecule has 22 heavy (non-hydrogen) atoms. The number of fused-ring (bicyclic) bond motifs is 2. The second-order valence-electron chi connectivity index (χ2n) is 7.57. The van der Waals surface area contributed by atoms with Gasteiger partial charge in [0.1, 0.15) is 0 Å². The third-order valence-corrected chi connectivity index (χ3v) is 6.79. The summed E-state index contributed by atoms with van der Waals surface area (Å²) in [5.74, 6) is 0. The van der Waals surface area contributed by atoms with E-state index in [9.17, 15) is 4.57 Å². The van der Waals surface area contributed by atoms with Crippen LogP contribution in [0.1, 0.15) is 43.2 Å². The molecule has 0 bridgehead atoms. The number of rotatable bonds is 0. The average molecular weight is 338 g/mol. The molecule has 0 fully saturated rings. The molecule has 120 valence electrons. The zero-order chi connectivity index (χ0) is 15.4. The fraction of sp³-hybridized carbons (Fsp3) is 0.500. The highest BCUT2D eigenvalue weighted by Gasteiger charge is 2.27. The molecule has 0 aliphatic carbocycles. The van der Waals surface area contributed by atoms with Crippen LogP contribution in [-0.2, 0) is 22.6 Å². The van der Waals surface area contributed by atoms with Crippen LogP contribution >= 0.6 is 19.5 Å². The van der Waals surface area contributed by atoms with Gasteiger partial charge in [-0.1, -0.05) is 26.8 Å². The lowest BCUT2D eigenvalue weighted by Crippen LogP contribution is -2.13. The van der Waals surface area contributed by atoms with Crippen molar-refractivity contribution in [1.29, 1.82) is 0 Å². The van der Waals surface area contributed by atoms with Crippen molar-refractivity contribution in [2.45, 2.75) is 45.7 Å². The van der Waals surface area contributed by atoms with Gasteiger partial charge in [-0.3, -0.25) is 4.98 Å². The lowest BCUT2D eigenvalue weighted by molar-refractivity contribution is 0.574. The Morgan fingerprint density at radius 3 is 2.55 bits per heavy atom. The van der Waals surface area contributed by atoms with Crippen molar-refractivity contribution in [3.63, 3.8) is 0 Å². The molecule has 2 aromatic rings. The summed E-state index contributed by atoms with van der Waals surface area (Å²) in [7, 11) is -2.01. The Hall–Kier alpha value is -0.850. The quantitative estimate of drug-likeness (QED) is 0.610. The zero-order valence-corrected chi connectivity index (χ0v) is 15.8. The normalized spacial score (nSPS) is 21.3. The highest BCUT2D eigenvalue weighted by atomic mass is 35.5. The van der Waals surface area contributed by atoms with E-state index in [2.05, 4.69) is 45.9 Å². The van der Waals surface area contributed by atoms with Crippen LogP contribution < -0.4 is 0 Å². The monoisotopic (exact) mass is 337 g/mol. The van der Waals surface area contributed by atoms with Crippen LogP contribution in [0.15, 0.2) is 18.2 Å². The highest BCUT2D eigenvalue weighted by molar-refractivity contribution is 7.62. The number of pyridine rings is 1. The molecule has 1 unspecified atom stereocenters. The third-order valence-electron chi connectivity index (χ3n) is 4.64. The molecular weight excluding hydrogens is 313 g/mol. The van der Waals surface area contributed by atoms with Crippen molar-refractivity contribution in [3.8, 4) is 0 Å². The SMILES string of the molecule is Cc1c2c(nc3ccc(C(C)(C)C)cc13)CCP(C)(=O)C2.Cl. The van der Waals surface area contributed by atoms with Gasteiger partial charge in [-0.2, -0.15) is 0 Å². The summed E-state index contributed by atoms with van der Waals surface area (Å²) < 4.78 is 12.5. The van der Waals surface area contributed by atoms with E-state index in [1.807, 2.05) is 6.66 Å². The molecule has 0 amide bonds. The van der Waals surface area contributed by atoms with Crippen LogP contribution in [0.3, 0.4) is 0 Å². The lowest BCUT2D eigenvalue weighted by atomic mass is 9.85. The number of nitrogens with zero attached hydrogens (tertiary/aromatic N) is 1. The Kier molecular flexibility index (Phi) is 4.50. The molecule has 3 rings (SSSR count). The van der Waals surface area contributed by atoms with Gasteiger partial charge in [0.05, 0.1) is 12.7 Å². The topological polar surface area (TPSA) is 30.0 Å². The summed E-state index contributed by atoms with van der Waals surface area (Å²) in [6, 6.07) is 6.60. The second-order valence-corrected chi connectivity index (χ2v) is 10.9. The van der Waals surface area contributed by atoms with Crippen molar-refractivity contribution >= 4 is 30.5 Å². The highest BCUT2D eigenvalue weighted by Crippen LogP contribution is 2.50. The van der Waals surface area contributed by atoms with Crippen molar-refractivity contribution in [3.05, 3.63) is 40.6 Å². The minimum Gasteiger partial charge on any atom is -0.323 e. The standard InChI is InChI=1S/C18H24NOP.ClH/c1-12-14-10-13(18(2,3)4)6-7-16(14)19-17-8-9-21(5,20)11-15(12)17;/h6-7,10H,8-9,11H2,1-5H3;1H. The first kappa shape index (κ1) is 17.5. The Morgan fingerprint density at radius 1 is 1.23 bits per heavy atom. The van der Waals surface area contributed by atoms with E-state index in [1.165, 1.54) is 22.1 Å². The largest absolute Gasteiger partial charge is 0.323 e. The van der Waals surface area contributed by atoms with Gasteiger partial charge >= 0.3 is 0 Å². The summed E-state index contributed by atoms with van der Waals surface area (Å²) in [5, 5.41) is 1.23. The van der Waals surface area contributed by atoms with Gasteiger partial charge in [0.15, 0.2) is 0 Å². The molecule has 2 heterocycles. The Bertz CT molecular complexity index is 777. The summed E-state index contributed by atoms with van der Waals surface area (Å²) in [6.45, 7) is 10.8. The van der Waals surface area contributed by atoms with E-state index < -0.39 is 7.14 Å². The maximum atomic E-state index is 12.5. The summed E-state index contributed by atoms with van der Waals surface area (Å²) in [5.41, 5.74) is 6.23. The van der Waals surface area contributed by atoms with E-state index in [1.54, 1.807) is 0 Å². The Balaban J connectivity index is 0.00000176. The maximum Gasteiger partial charge on any atom is 0.0894 e. The Labute approximate surface area is 139 Å². The number of benzene rings is 1. The van der Waals surface area contributed by atoms with Crippen LogP contribution in [0.4, 0.5) is 0 Å². The molecule has 2 nitrogen and oxygen atoms in total. The van der Waals surface area contributed by atoms with Crippen molar-refractivity contribution < 1.29 is 4.57 Å². The van der Waals surface area contributed by atoms with Crippen molar-refractivity contribution in [1.82, 2.24) is 4.98 Å². The van der Waals surface area contributed by atoms with Crippen LogP contribution in [0.5, 0.6) is 0 Å². The fourth-order valence-corrected chi connectivity index (χ4v) is 5.10. The molecule has 1 aromatic carbocycles. The molecule has 1 aliphatic rings. The molecule has 1 atom stereocenters. The lowest BCUT2D eigenvalue weighted by Gasteiger charge is -2.25. The van der Waals surface area contributed by atoms with E-state index in [4.69, 9.17) is 4.98 Å². The van der Waals surface area contributed by atoms with Gasteiger partial charge in [0.2, 0.25) is 0 Å². The van der Waals surface area contributed by atoms with Gasteiger partial charge in [-0.25, -0.2) is 0 Å². The predicted octanol–water partition coefficient (Wildman–Crippen LogP) is 5.31. The first-order valence-electron chi connectivity index (χ1n) is 7.65. The number of halogens is 1. The third kappa shape index (κ3) is 3.09. The molecule has 4 heteroatoms. The number of hydrogen-bond acceptors (Lipinski definition) is 2. The summed E-state index contributed by atoms with van der Waals surface area (Å²) in [6.07, 6.45) is 2.38. The average Bonchev–Trinajstić information content (AvgIpc) is 2.38. The number of aromatic nitrogens is 1. The number of hydrogen-bond donors (Lipinski definition) is 0. The number of aryl methyl sites for hydroxylation is 2. The molecule has 0 radical (unpaired) electrons. The van der Waals surface area contributed by atoms with Crippen LogP contribution in [0.2, 0.25) is 0 Å². The molecular formula is C18H25ClNOP. The molecule has 0 N–H and O–H groups in total. The zero-order valence-electron chi connectivity index (χ0n) is 14.1. The van der Waals surface area contributed by atoms with Crippen LogP contribution in [-0.4, -0.2) is 17.8 Å². The predicted molar refractivity (Wildman–Crippen MR) is 98.2 cm³/mol. The smallest absolute Gasteiger partial charge is 0.0894 e. The molecule has 0 saturated carbocycles. The molecule has 0 spiro atoms. The van der Waals surface area contributed by atoms with Crippen molar-refractivity contribution in [2.24, 2.45) is 0 Å². The minimum absolute atomic E-state index is 0. The maximum absolute atomic E-state index is 12.5. The fourth-order valence-electron chi connectivity index (χ4n) is 3.16. The molecule has 0 saturated heterocycles. The molecule has 1 aromatic heterocycles. The van der Waals surface area contributed by atoms with Crippen LogP contribution in [0.25, 0.3) is 10.9 Å². The first-order chi connectivity index (χ1) is 9.67. The van der Waals surface area contributed by atoms with Crippen molar-refractivity contribution in [2.75, 3.05) is 12.8 Å². The molecule has 1 aliphatic heterocycles. The summed E-state index contributed by atoms with van der Waals surface area (Å²) in [4.78, 5) is 4.84. The second kappa shape index (κ2) is 5.65. The summed E-state index contributed by atoms with van der Waals surface area (Å²) >= 11 is 0. The van der Waals surface area contributed by atoms with E-state index in [0.717, 1.165) is 30.0 Å². The Morgan fingerprint density at radius 2 is 1.91 bits per heavy atom. The van der Waals surface area contributed by atoms with Gasteiger partial charge in [0.25, 0.3) is 0 Å². The van der Waals surface area contributed by atoms with Gasteiger partial charge in [-0.15, -0.1) is 12.4 Å². The van der Waals surface area contributed by atoms with E-state index in [0.29, 0.717) is 0 Å². The van der Waals surface area contributed by atoms with Gasteiger partial charge in [0, 0.05) is 23.4 Å².